The Kier molecular flexibility index (Phi) is 4.29. The lowest BCUT2D eigenvalue weighted by Crippen LogP contribution is -2.11. The summed E-state index contributed by atoms with van der Waals surface area (Å²) in [5, 5.41) is 0. The summed E-state index contributed by atoms with van der Waals surface area (Å²) in [5.74, 6) is -0.254. The molecule has 0 amide bonds. The summed E-state index contributed by atoms with van der Waals surface area (Å²) in [5.41, 5.74) is 6.39. The van der Waals surface area contributed by atoms with E-state index >= 15 is 0 Å². The van der Waals surface area contributed by atoms with E-state index in [-0.39, 0.29) is 11.9 Å². The first-order valence-electron chi connectivity index (χ1n) is 4.46. The number of hydrogen-bond acceptors (Lipinski definition) is 1. The van der Waals surface area contributed by atoms with Crippen LogP contribution in [0.1, 0.15) is 24.4 Å². The van der Waals surface area contributed by atoms with Gasteiger partial charge in [0, 0.05) is 16.1 Å². The normalized spacial score (nSPS) is 12.5. The van der Waals surface area contributed by atoms with E-state index in [1.807, 2.05) is 0 Å². The van der Waals surface area contributed by atoms with Crippen molar-refractivity contribution in [2.45, 2.75) is 18.9 Å². The third-order valence-corrected chi connectivity index (χ3v) is 2.54. The molecule has 1 atom stereocenters. The van der Waals surface area contributed by atoms with Crippen LogP contribution in [0, 0.1) is 5.82 Å². The molecule has 0 aromatic heterocycles. The minimum absolute atomic E-state index is 0.249. The fourth-order valence-corrected chi connectivity index (χ4v) is 1.59. The molecule has 0 fully saturated rings. The lowest BCUT2D eigenvalue weighted by Gasteiger charge is -2.11. The summed E-state index contributed by atoms with van der Waals surface area (Å²) in [6.45, 7) is 3.61. The van der Waals surface area contributed by atoms with Crippen molar-refractivity contribution in [3.8, 4) is 0 Å². The molecule has 2 N–H and O–H groups in total. The van der Waals surface area contributed by atoms with Gasteiger partial charge in [-0.05, 0) is 25.0 Å². The van der Waals surface area contributed by atoms with Crippen LogP contribution in [-0.4, -0.2) is 0 Å². The second-order valence-corrected chi connectivity index (χ2v) is 4.05. The smallest absolute Gasteiger partial charge is 0.129 e. The molecule has 0 radical (unpaired) electrons. The first-order chi connectivity index (χ1) is 6.65. The van der Waals surface area contributed by atoms with Crippen molar-refractivity contribution in [1.82, 2.24) is 0 Å². The third kappa shape index (κ3) is 2.93. The zero-order valence-corrected chi connectivity index (χ0v) is 9.43. The Balaban J connectivity index is 2.78. The fraction of sp³-hybridized carbons (Fsp3) is 0.273. The maximum absolute atomic E-state index is 13.4. The maximum Gasteiger partial charge on any atom is 0.129 e. The minimum atomic E-state index is -0.254. The van der Waals surface area contributed by atoms with Gasteiger partial charge < -0.3 is 5.73 Å². The SMILES string of the molecule is C=CCCC(N)c1ccc(Br)cc1F. The quantitative estimate of drug-likeness (QED) is 0.821. The van der Waals surface area contributed by atoms with E-state index in [1.54, 1.807) is 18.2 Å². The Hall–Kier alpha value is -0.670. The van der Waals surface area contributed by atoms with Crippen LogP contribution in [0.25, 0.3) is 0 Å². The van der Waals surface area contributed by atoms with E-state index in [2.05, 4.69) is 22.5 Å². The average Bonchev–Trinajstić information content (AvgIpc) is 2.14. The molecule has 0 bridgehead atoms. The van der Waals surface area contributed by atoms with Gasteiger partial charge in [-0.2, -0.15) is 0 Å². The van der Waals surface area contributed by atoms with Crippen molar-refractivity contribution >= 4 is 15.9 Å². The first kappa shape index (κ1) is 11.4. The molecule has 0 aliphatic rings. The van der Waals surface area contributed by atoms with Crippen molar-refractivity contribution in [2.75, 3.05) is 0 Å². The number of halogens is 2. The molecule has 0 saturated carbocycles. The molecule has 0 heterocycles. The van der Waals surface area contributed by atoms with Crippen LogP contribution < -0.4 is 5.73 Å². The van der Waals surface area contributed by atoms with E-state index in [9.17, 15) is 4.39 Å². The van der Waals surface area contributed by atoms with Gasteiger partial charge in [-0.15, -0.1) is 6.58 Å². The lowest BCUT2D eigenvalue weighted by molar-refractivity contribution is 0.566. The summed E-state index contributed by atoms with van der Waals surface area (Å²) in [6, 6.07) is 4.70. The first-order valence-corrected chi connectivity index (χ1v) is 5.26. The van der Waals surface area contributed by atoms with E-state index in [0.29, 0.717) is 5.56 Å². The molecule has 14 heavy (non-hydrogen) atoms. The second kappa shape index (κ2) is 5.27. The molecular formula is C11H13BrFN. The minimum Gasteiger partial charge on any atom is -0.324 e. The standard InChI is InChI=1S/C11H13BrFN/c1-2-3-4-11(14)9-6-5-8(12)7-10(9)13/h2,5-7,11H,1,3-4,14H2. The predicted octanol–water partition coefficient (Wildman–Crippen LogP) is 3.55. The molecule has 1 unspecified atom stereocenters. The van der Waals surface area contributed by atoms with Crippen LogP contribution in [0.3, 0.4) is 0 Å². The van der Waals surface area contributed by atoms with Gasteiger partial charge in [0.2, 0.25) is 0 Å². The van der Waals surface area contributed by atoms with Crippen LogP contribution in [0.4, 0.5) is 4.39 Å². The number of rotatable bonds is 4. The van der Waals surface area contributed by atoms with Gasteiger partial charge in [0.25, 0.3) is 0 Å². The number of hydrogen-bond donors (Lipinski definition) is 1. The molecule has 1 rings (SSSR count). The van der Waals surface area contributed by atoms with Gasteiger partial charge in [-0.3, -0.25) is 0 Å². The average molecular weight is 258 g/mol. The molecule has 1 nitrogen and oxygen atoms in total. The largest absolute Gasteiger partial charge is 0.324 e. The molecule has 1 aromatic rings. The van der Waals surface area contributed by atoms with Crippen molar-refractivity contribution in [3.63, 3.8) is 0 Å². The van der Waals surface area contributed by atoms with Crippen molar-refractivity contribution in [3.05, 3.63) is 46.7 Å². The summed E-state index contributed by atoms with van der Waals surface area (Å²) in [7, 11) is 0. The Morgan fingerprint density at radius 2 is 2.29 bits per heavy atom. The number of nitrogens with two attached hydrogens (primary N) is 1. The highest BCUT2D eigenvalue weighted by molar-refractivity contribution is 9.10. The summed E-state index contributed by atoms with van der Waals surface area (Å²) in [4.78, 5) is 0. The van der Waals surface area contributed by atoms with Gasteiger partial charge in [0.1, 0.15) is 5.82 Å². The van der Waals surface area contributed by atoms with Crippen LogP contribution in [0.5, 0.6) is 0 Å². The molecular weight excluding hydrogens is 245 g/mol. The van der Waals surface area contributed by atoms with Crippen LogP contribution in [0.15, 0.2) is 35.3 Å². The summed E-state index contributed by atoms with van der Waals surface area (Å²) in [6.07, 6.45) is 3.31. The third-order valence-electron chi connectivity index (χ3n) is 2.04. The van der Waals surface area contributed by atoms with Crippen molar-refractivity contribution < 1.29 is 4.39 Å². The number of allylic oxidation sites excluding steroid dienone is 1. The van der Waals surface area contributed by atoms with E-state index in [1.165, 1.54) is 6.07 Å². The lowest BCUT2D eigenvalue weighted by atomic mass is 10.0. The zero-order chi connectivity index (χ0) is 10.6. The van der Waals surface area contributed by atoms with Gasteiger partial charge in [-0.25, -0.2) is 4.39 Å². The molecule has 3 heteroatoms. The highest BCUT2D eigenvalue weighted by atomic mass is 79.9. The maximum atomic E-state index is 13.4. The predicted molar refractivity (Wildman–Crippen MR) is 60.5 cm³/mol. The number of benzene rings is 1. The highest BCUT2D eigenvalue weighted by Crippen LogP contribution is 2.22. The molecule has 0 saturated heterocycles. The van der Waals surface area contributed by atoms with Crippen molar-refractivity contribution in [1.29, 1.82) is 0 Å². The van der Waals surface area contributed by atoms with Gasteiger partial charge >= 0.3 is 0 Å². The van der Waals surface area contributed by atoms with Gasteiger partial charge in [0.15, 0.2) is 0 Å². The van der Waals surface area contributed by atoms with E-state index in [0.717, 1.165) is 17.3 Å². The second-order valence-electron chi connectivity index (χ2n) is 3.14. The Bertz CT molecular complexity index is 325. The highest BCUT2D eigenvalue weighted by Gasteiger charge is 2.10. The summed E-state index contributed by atoms with van der Waals surface area (Å²) < 4.78 is 14.1. The monoisotopic (exact) mass is 257 g/mol. The van der Waals surface area contributed by atoms with Crippen molar-refractivity contribution in [2.24, 2.45) is 5.73 Å². The molecule has 0 aliphatic carbocycles. The van der Waals surface area contributed by atoms with Gasteiger partial charge in [-0.1, -0.05) is 28.1 Å². The van der Waals surface area contributed by atoms with Crippen LogP contribution in [0.2, 0.25) is 0 Å². The topological polar surface area (TPSA) is 26.0 Å². The van der Waals surface area contributed by atoms with Crippen LogP contribution in [-0.2, 0) is 0 Å². The molecule has 1 aromatic carbocycles. The fourth-order valence-electron chi connectivity index (χ4n) is 1.26. The van der Waals surface area contributed by atoms with E-state index < -0.39 is 0 Å². The Morgan fingerprint density at radius 1 is 1.57 bits per heavy atom. The summed E-state index contributed by atoms with van der Waals surface area (Å²) >= 11 is 3.20. The molecule has 76 valence electrons. The van der Waals surface area contributed by atoms with Gasteiger partial charge in [0.05, 0.1) is 0 Å². The zero-order valence-electron chi connectivity index (χ0n) is 7.84. The molecule has 0 spiro atoms. The van der Waals surface area contributed by atoms with Crippen LogP contribution >= 0.6 is 15.9 Å². The Labute approximate surface area is 91.9 Å². The molecule has 0 aliphatic heterocycles. The Morgan fingerprint density at radius 3 is 2.86 bits per heavy atom. The van der Waals surface area contributed by atoms with E-state index in [4.69, 9.17) is 5.73 Å².